The van der Waals surface area contributed by atoms with Crippen molar-refractivity contribution < 1.29 is 32.2 Å². The number of rotatable bonds is 6. The summed E-state index contributed by atoms with van der Waals surface area (Å²) >= 11 is 5.87. The Labute approximate surface area is 203 Å². The molecule has 0 amide bonds. The summed E-state index contributed by atoms with van der Waals surface area (Å²) in [6.07, 6.45) is -4.45. The molecule has 0 aliphatic carbocycles. The highest BCUT2D eigenvalue weighted by atomic mass is 79.9. The summed E-state index contributed by atoms with van der Waals surface area (Å²) in [5.41, 5.74) is 0.0935. The molecule has 0 saturated heterocycles. The Morgan fingerprint density at radius 2 is 1.85 bits per heavy atom. The Balaban J connectivity index is 2.16. The van der Waals surface area contributed by atoms with Crippen LogP contribution in [0.3, 0.4) is 0 Å². The third kappa shape index (κ3) is 5.58. The minimum Gasteiger partial charge on any atom is -0.464 e. The number of thioether (sulfide) groups is 1. The molecule has 2 heterocycles. The van der Waals surface area contributed by atoms with E-state index in [4.69, 9.17) is 9.47 Å². The summed E-state index contributed by atoms with van der Waals surface area (Å²) in [4.78, 5) is 28.4. The van der Waals surface area contributed by atoms with Gasteiger partial charge in [-0.05, 0) is 28.1 Å². The van der Waals surface area contributed by atoms with Gasteiger partial charge in [0.05, 0.1) is 22.6 Å². The van der Waals surface area contributed by atoms with Gasteiger partial charge in [0.1, 0.15) is 4.47 Å². The first kappa shape index (κ1) is 25.2. The van der Waals surface area contributed by atoms with E-state index >= 15 is 0 Å². The molecule has 0 atom stereocenters. The number of hydrogen-bond acceptors (Lipinski definition) is 8. The molecule has 7 nitrogen and oxygen atoms in total. The molecule has 0 aliphatic heterocycles. The van der Waals surface area contributed by atoms with Gasteiger partial charge in [-0.15, -0.1) is 16.9 Å². The van der Waals surface area contributed by atoms with Crippen LogP contribution < -0.4 is 4.74 Å². The van der Waals surface area contributed by atoms with E-state index in [9.17, 15) is 22.8 Å². The Morgan fingerprint density at radius 3 is 2.36 bits per heavy atom. The molecule has 33 heavy (non-hydrogen) atoms. The number of carbonyl (C=O) groups excluding carboxylic acids is 2. The molecule has 1 aromatic carbocycles. The fourth-order valence-corrected chi connectivity index (χ4v) is 5.64. The number of carbonyl (C=O) groups is 2. The Bertz CT molecular complexity index is 1190. The van der Waals surface area contributed by atoms with Gasteiger partial charge < -0.3 is 9.47 Å². The largest absolute Gasteiger partial charge is 0.464 e. The molecule has 0 fully saturated rings. The highest BCUT2D eigenvalue weighted by Gasteiger charge is 2.31. The Kier molecular flexibility index (Phi) is 7.54. The normalized spacial score (nSPS) is 11.7. The molecule has 3 aromatic rings. The fourth-order valence-electron chi connectivity index (χ4n) is 2.67. The second-order valence-electron chi connectivity index (χ2n) is 6.84. The molecule has 0 aliphatic rings. The van der Waals surface area contributed by atoms with Crippen LogP contribution in [0.15, 0.2) is 32.9 Å². The van der Waals surface area contributed by atoms with Crippen LogP contribution in [0, 0.1) is 0 Å². The molecule has 0 spiro atoms. The third-order valence-corrected chi connectivity index (χ3v) is 6.97. The first-order chi connectivity index (χ1) is 15.4. The van der Waals surface area contributed by atoms with E-state index in [0.29, 0.717) is 11.3 Å². The van der Waals surface area contributed by atoms with Gasteiger partial charge in [0, 0.05) is 17.7 Å². The van der Waals surface area contributed by atoms with Gasteiger partial charge in [-0.3, -0.25) is 4.79 Å². The van der Waals surface area contributed by atoms with Crippen molar-refractivity contribution in [3.8, 4) is 22.3 Å². The van der Waals surface area contributed by atoms with Gasteiger partial charge in [-0.25, -0.2) is 9.78 Å². The van der Waals surface area contributed by atoms with Crippen LogP contribution in [0.4, 0.5) is 13.2 Å². The number of alkyl halides is 3. The smallest absolute Gasteiger partial charge is 0.416 e. The number of aromatic nitrogens is 3. The Morgan fingerprint density at radius 1 is 1.21 bits per heavy atom. The highest BCUT2D eigenvalue weighted by molar-refractivity contribution is 9.10. The molecular weight excluding hydrogens is 547 g/mol. The summed E-state index contributed by atoms with van der Waals surface area (Å²) in [5, 5.41) is 4.57. The summed E-state index contributed by atoms with van der Waals surface area (Å²) in [5.74, 6) is -1.54. The average molecular weight is 564 g/mol. The zero-order chi connectivity index (χ0) is 24.5. The number of hydrogen-bond donors (Lipinski definition) is 0. The van der Waals surface area contributed by atoms with Crippen LogP contribution in [-0.4, -0.2) is 39.1 Å². The van der Waals surface area contributed by atoms with E-state index in [1.165, 1.54) is 53.9 Å². The summed E-state index contributed by atoms with van der Waals surface area (Å²) in [6, 6.07) is 4.66. The second kappa shape index (κ2) is 9.85. The van der Waals surface area contributed by atoms with Crippen molar-refractivity contribution in [3.63, 3.8) is 0 Å². The van der Waals surface area contributed by atoms with E-state index in [0.717, 1.165) is 16.3 Å². The van der Waals surface area contributed by atoms with Crippen LogP contribution in [-0.2, 0) is 15.7 Å². The van der Waals surface area contributed by atoms with Crippen molar-refractivity contribution in [3.05, 3.63) is 40.0 Å². The lowest BCUT2D eigenvalue weighted by atomic mass is 10.1. The van der Waals surface area contributed by atoms with Gasteiger partial charge in [0.15, 0.2) is 5.69 Å². The molecule has 0 unspecified atom stereocenters. The van der Waals surface area contributed by atoms with Crippen LogP contribution in [0.5, 0.6) is 5.88 Å². The summed E-state index contributed by atoms with van der Waals surface area (Å²) < 4.78 is 50.8. The van der Waals surface area contributed by atoms with Gasteiger partial charge in [-0.1, -0.05) is 37.3 Å². The van der Waals surface area contributed by atoms with Crippen LogP contribution in [0.25, 0.3) is 16.4 Å². The Hall–Kier alpha value is -2.38. The number of esters is 2. The lowest BCUT2D eigenvalue weighted by molar-refractivity contribution is -0.137. The predicted molar refractivity (Wildman–Crippen MR) is 121 cm³/mol. The fraction of sp³-hybridized carbons (Fsp3) is 0.300. The van der Waals surface area contributed by atoms with Gasteiger partial charge in [-0.2, -0.15) is 17.9 Å². The topological polar surface area (TPSA) is 83.3 Å². The summed E-state index contributed by atoms with van der Waals surface area (Å²) in [7, 11) is 1.19. The number of ether oxygens (including phenoxy) is 2. The first-order valence-electron chi connectivity index (χ1n) is 9.33. The number of halogens is 4. The molecule has 13 heteroatoms. The molecular formula is C20H17BrF3N3O4S2. The van der Waals surface area contributed by atoms with E-state index in [1.807, 2.05) is 13.8 Å². The highest BCUT2D eigenvalue weighted by Crippen LogP contribution is 2.42. The molecule has 0 bridgehead atoms. The quantitative estimate of drug-likeness (QED) is 0.269. The lowest BCUT2D eigenvalue weighted by Gasteiger charge is -2.08. The standard InChI is InChI=1S/C20H17BrF3N3O4S2/c1-9(2)32-18-14(11-5-7-12(8-6-11)20(22,23)24)25-19(33-18)27-15(17(29)30-4)13(21)16(26-27)31-10(3)28/h5-9H,1-4H3. The number of nitrogens with zero attached hydrogens (tertiary/aromatic N) is 3. The lowest BCUT2D eigenvalue weighted by Crippen LogP contribution is -2.10. The second-order valence-corrected chi connectivity index (χ2v) is 10.5. The maximum Gasteiger partial charge on any atom is 0.416 e. The van der Waals surface area contributed by atoms with Crippen LogP contribution >= 0.6 is 39.0 Å². The van der Waals surface area contributed by atoms with Gasteiger partial charge >= 0.3 is 18.1 Å². The average Bonchev–Trinajstić information content (AvgIpc) is 3.27. The first-order valence-corrected chi connectivity index (χ1v) is 11.8. The SMILES string of the molecule is COC(=O)c1c(Br)c(OC(C)=O)nn1-c1nc(-c2ccc(C(F)(F)F)cc2)c(SC(C)C)s1. The van der Waals surface area contributed by atoms with Crippen molar-refractivity contribution in [1.82, 2.24) is 14.8 Å². The zero-order valence-corrected chi connectivity index (χ0v) is 20.9. The molecule has 2 aromatic heterocycles. The van der Waals surface area contributed by atoms with Crippen molar-refractivity contribution in [2.75, 3.05) is 7.11 Å². The summed E-state index contributed by atoms with van der Waals surface area (Å²) in [6.45, 7) is 5.11. The number of benzene rings is 1. The van der Waals surface area contributed by atoms with Crippen molar-refractivity contribution in [2.45, 2.75) is 36.4 Å². The molecule has 3 rings (SSSR count). The molecule has 176 valence electrons. The van der Waals surface area contributed by atoms with E-state index < -0.39 is 23.7 Å². The van der Waals surface area contributed by atoms with Gasteiger partial charge in [0.2, 0.25) is 5.13 Å². The van der Waals surface area contributed by atoms with E-state index in [2.05, 4.69) is 26.0 Å². The van der Waals surface area contributed by atoms with E-state index in [-0.39, 0.29) is 26.4 Å². The minimum absolute atomic E-state index is 0.0532. The monoisotopic (exact) mass is 563 g/mol. The molecule has 0 radical (unpaired) electrons. The van der Waals surface area contributed by atoms with Crippen LogP contribution in [0.1, 0.15) is 36.8 Å². The van der Waals surface area contributed by atoms with E-state index in [1.54, 1.807) is 0 Å². The zero-order valence-electron chi connectivity index (χ0n) is 17.7. The van der Waals surface area contributed by atoms with Crippen molar-refractivity contribution in [2.24, 2.45) is 0 Å². The van der Waals surface area contributed by atoms with Gasteiger partial charge in [0.25, 0.3) is 5.88 Å². The predicted octanol–water partition coefficient (Wildman–Crippen LogP) is 5.99. The third-order valence-electron chi connectivity index (χ3n) is 4.01. The van der Waals surface area contributed by atoms with Crippen molar-refractivity contribution >= 4 is 51.0 Å². The molecule has 0 N–H and O–H groups in total. The number of thiazole rings is 1. The molecule has 0 saturated carbocycles. The maximum atomic E-state index is 13.0. The number of methoxy groups -OCH3 is 1. The van der Waals surface area contributed by atoms with Crippen molar-refractivity contribution in [1.29, 1.82) is 0 Å². The van der Waals surface area contributed by atoms with Crippen LogP contribution in [0.2, 0.25) is 0 Å². The maximum absolute atomic E-state index is 13.0. The minimum atomic E-state index is -4.45.